The van der Waals surface area contributed by atoms with Crippen LogP contribution in [0.25, 0.3) is 0 Å². The van der Waals surface area contributed by atoms with Gasteiger partial charge in [-0.05, 0) is 60.7 Å². The van der Waals surface area contributed by atoms with Crippen molar-refractivity contribution in [1.29, 1.82) is 0 Å². The molecule has 0 saturated heterocycles. The van der Waals surface area contributed by atoms with E-state index < -0.39 is 6.04 Å². The molecular formula is C30H31ClFN3O4. The molecule has 0 radical (unpaired) electrons. The van der Waals surface area contributed by atoms with Gasteiger partial charge in [0.05, 0.1) is 24.6 Å². The van der Waals surface area contributed by atoms with Crippen LogP contribution in [-0.4, -0.2) is 54.9 Å². The number of nitrogens with one attached hydrogen (secondary N) is 2. The summed E-state index contributed by atoms with van der Waals surface area (Å²) in [5.41, 5.74) is 1.98. The normalized spacial score (nSPS) is 17.1. The lowest BCUT2D eigenvalue weighted by molar-refractivity contribution is -0.135. The molecule has 0 aliphatic carbocycles. The fourth-order valence-electron chi connectivity index (χ4n) is 4.40. The van der Waals surface area contributed by atoms with Crippen LogP contribution in [0.1, 0.15) is 34.3 Å². The van der Waals surface area contributed by atoms with E-state index in [1.807, 2.05) is 30.3 Å². The van der Waals surface area contributed by atoms with Gasteiger partial charge in [0.15, 0.2) is 0 Å². The summed E-state index contributed by atoms with van der Waals surface area (Å²) in [6.45, 7) is 0.704. The number of carbonyl (C=O) groups is 3. The van der Waals surface area contributed by atoms with E-state index in [0.717, 1.165) is 5.56 Å². The number of carbonyl (C=O) groups excluding carboxylic acids is 3. The Hall–Kier alpha value is -3.91. The van der Waals surface area contributed by atoms with Crippen LogP contribution in [0.15, 0.2) is 72.8 Å². The van der Waals surface area contributed by atoms with Crippen molar-refractivity contribution in [2.75, 3.05) is 26.2 Å². The van der Waals surface area contributed by atoms with E-state index in [0.29, 0.717) is 54.3 Å². The van der Waals surface area contributed by atoms with Crippen LogP contribution in [0.3, 0.4) is 0 Å². The SMILES string of the molecule is O=C1CN(C(=O)Cc2ccc(F)cc2)CCCCNC(=O)c2cc(Cl)ccc2OC[C@@H](Cc2ccccc2)N1. The van der Waals surface area contributed by atoms with Gasteiger partial charge in [-0.3, -0.25) is 14.4 Å². The second-order valence-corrected chi connectivity index (χ2v) is 9.92. The zero-order valence-corrected chi connectivity index (χ0v) is 22.3. The van der Waals surface area contributed by atoms with Crippen molar-refractivity contribution >= 4 is 29.3 Å². The van der Waals surface area contributed by atoms with Crippen LogP contribution in [0, 0.1) is 5.82 Å². The molecule has 1 aliphatic heterocycles. The Kier molecular flexibility index (Phi) is 9.91. The first-order valence-corrected chi connectivity index (χ1v) is 13.3. The van der Waals surface area contributed by atoms with Crippen LogP contribution in [0.4, 0.5) is 4.39 Å². The smallest absolute Gasteiger partial charge is 0.255 e. The van der Waals surface area contributed by atoms with Gasteiger partial charge in [-0.2, -0.15) is 0 Å². The Labute approximate surface area is 232 Å². The standard InChI is InChI=1S/C30H31ClFN3O4/c31-23-10-13-27-26(18-23)30(38)33-14-4-5-15-35(29(37)17-22-8-11-24(32)12-9-22)19-28(36)34-25(20-39-27)16-21-6-2-1-3-7-21/h1-3,6-13,18,25H,4-5,14-17,19-20H2,(H,33,38)(H,34,36)/t25-/m1/s1. The maximum absolute atomic E-state index is 13.3. The number of hydrogen-bond acceptors (Lipinski definition) is 4. The molecule has 0 spiro atoms. The number of benzene rings is 3. The lowest BCUT2D eigenvalue weighted by atomic mass is 10.1. The van der Waals surface area contributed by atoms with Crippen molar-refractivity contribution in [3.05, 3.63) is 100 Å². The van der Waals surface area contributed by atoms with Crippen molar-refractivity contribution in [3.63, 3.8) is 0 Å². The predicted molar refractivity (Wildman–Crippen MR) is 147 cm³/mol. The summed E-state index contributed by atoms with van der Waals surface area (Å²) in [4.78, 5) is 40.7. The molecule has 4 rings (SSSR count). The van der Waals surface area contributed by atoms with Crippen molar-refractivity contribution in [2.45, 2.75) is 31.7 Å². The number of hydrogen-bond donors (Lipinski definition) is 2. The highest BCUT2D eigenvalue weighted by atomic mass is 35.5. The highest BCUT2D eigenvalue weighted by Gasteiger charge is 2.22. The molecule has 0 fully saturated rings. The van der Waals surface area contributed by atoms with Gasteiger partial charge in [0, 0.05) is 18.1 Å². The lowest BCUT2D eigenvalue weighted by Gasteiger charge is -2.25. The molecule has 3 aromatic carbocycles. The Bertz CT molecular complexity index is 1290. The average Bonchev–Trinajstić information content (AvgIpc) is 2.93. The van der Waals surface area contributed by atoms with E-state index in [-0.39, 0.29) is 43.1 Å². The molecule has 1 aliphatic rings. The molecule has 204 valence electrons. The van der Waals surface area contributed by atoms with E-state index in [4.69, 9.17) is 16.3 Å². The Balaban J connectivity index is 1.54. The number of rotatable bonds is 4. The zero-order chi connectivity index (χ0) is 27.6. The fraction of sp³-hybridized carbons (Fsp3) is 0.300. The maximum atomic E-state index is 13.3. The van der Waals surface area contributed by atoms with Crippen LogP contribution in [-0.2, 0) is 22.4 Å². The zero-order valence-electron chi connectivity index (χ0n) is 21.5. The van der Waals surface area contributed by atoms with Crippen LogP contribution < -0.4 is 15.4 Å². The van der Waals surface area contributed by atoms with Crippen LogP contribution in [0.2, 0.25) is 5.02 Å². The van der Waals surface area contributed by atoms with Gasteiger partial charge in [0.1, 0.15) is 18.2 Å². The first-order valence-electron chi connectivity index (χ1n) is 12.9. The average molecular weight is 552 g/mol. The fourth-order valence-corrected chi connectivity index (χ4v) is 4.57. The van der Waals surface area contributed by atoms with Crippen molar-refractivity contribution < 1.29 is 23.5 Å². The molecule has 0 unspecified atom stereocenters. The third-order valence-corrected chi connectivity index (χ3v) is 6.65. The van der Waals surface area contributed by atoms with E-state index in [9.17, 15) is 18.8 Å². The highest BCUT2D eigenvalue weighted by molar-refractivity contribution is 6.31. The highest BCUT2D eigenvalue weighted by Crippen LogP contribution is 2.23. The van der Waals surface area contributed by atoms with Gasteiger partial charge in [0.25, 0.3) is 5.91 Å². The summed E-state index contributed by atoms with van der Waals surface area (Å²) in [5.74, 6) is -0.862. The molecular weight excluding hydrogens is 521 g/mol. The third kappa shape index (κ3) is 8.55. The van der Waals surface area contributed by atoms with Gasteiger partial charge in [-0.1, -0.05) is 54.1 Å². The molecule has 1 heterocycles. The third-order valence-electron chi connectivity index (χ3n) is 6.41. The van der Waals surface area contributed by atoms with Gasteiger partial charge in [0.2, 0.25) is 11.8 Å². The van der Waals surface area contributed by atoms with Crippen molar-refractivity contribution in [1.82, 2.24) is 15.5 Å². The molecule has 0 aromatic heterocycles. The van der Waals surface area contributed by atoms with Crippen LogP contribution in [0.5, 0.6) is 5.75 Å². The second-order valence-electron chi connectivity index (χ2n) is 9.49. The molecule has 2 N–H and O–H groups in total. The maximum Gasteiger partial charge on any atom is 0.255 e. The quantitative estimate of drug-likeness (QED) is 0.509. The molecule has 3 aromatic rings. The number of halogens is 2. The molecule has 1 atom stereocenters. The number of nitrogens with zero attached hydrogens (tertiary/aromatic N) is 1. The molecule has 9 heteroatoms. The number of ether oxygens (including phenoxy) is 1. The summed E-state index contributed by atoms with van der Waals surface area (Å²) < 4.78 is 19.3. The number of fused-ring (bicyclic) bond motifs is 1. The first-order chi connectivity index (χ1) is 18.9. The van der Waals surface area contributed by atoms with E-state index in [1.54, 1.807) is 30.3 Å². The summed E-state index contributed by atoms with van der Waals surface area (Å²) in [5, 5.41) is 6.31. The Morgan fingerprint density at radius 3 is 2.54 bits per heavy atom. The molecule has 39 heavy (non-hydrogen) atoms. The molecule has 0 bridgehead atoms. The predicted octanol–water partition coefficient (Wildman–Crippen LogP) is 4.18. The van der Waals surface area contributed by atoms with Crippen molar-refractivity contribution in [2.24, 2.45) is 0 Å². The summed E-state index contributed by atoms with van der Waals surface area (Å²) in [6.07, 6.45) is 1.72. The summed E-state index contributed by atoms with van der Waals surface area (Å²) in [6, 6.07) is 19.8. The molecule has 7 nitrogen and oxygen atoms in total. The van der Waals surface area contributed by atoms with Gasteiger partial charge in [-0.25, -0.2) is 4.39 Å². The molecule has 0 saturated carbocycles. The first kappa shape index (κ1) is 28.1. The van der Waals surface area contributed by atoms with Crippen molar-refractivity contribution in [3.8, 4) is 5.75 Å². The van der Waals surface area contributed by atoms with E-state index in [1.165, 1.54) is 17.0 Å². The summed E-state index contributed by atoms with van der Waals surface area (Å²) in [7, 11) is 0. The second kappa shape index (κ2) is 13.8. The minimum absolute atomic E-state index is 0.0525. The topological polar surface area (TPSA) is 87.7 Å². The van der Waals surface area contributed by atoms with Crippen LogP contribution >= 0.6 is 11.6 Å². The van der Waals surface area contributed by atoms with E-state index >= 15 is 0 Å². The van der Waals surface area contributed by atoms with Gasteiger partial charge in [-0.15, -0.1) is 0 Å². The van der Waals surface area contributed by atoms with Gasteiger partial charge < -0.3 is 20.3 Å². The Morgan fingerprint density at radius 2 is 1.77 bits per heavy atom. The monoisotopic (exact) mass is 551 g/mol. The molecule has 3 amide bonds. The van der Waals surface area contributed by atoms with Gasteiger partial charge >= 0.3 is 0 Å². The summed E-state index contributed by atoms with van der Waals surface area (Å²) >= 11 is 6.15. The lowest BCUT2D eigenvalue weighted by Crippen LogP contribution is -2.47. The largest absolute Gasteiger partial charge is 0.491 e. The Morgan fingerprint density at radius 1 is 1.00 bits per heavy atom. The minimum atomic E-state index is -0.425. The minimum Gasteiger partial charge on any atom is -0.491 e. The number of amides is 3. The van der Waals surface area contributed by atoms with E-state index in [2.05, 4.69) is 10.6 Å².